The summed E-state index contributed by atoms with van der Waals surface area (Å²) in [5, 5.41) is 0. The number of amides is 1. The van der Waals surface area contributed by atoms with Crippen LogP contribution in [0.25, 0.3) is 5.65 Å². The second-order valence-corrected chi connectivity index (χ2v) is 8.07. The number of fused-ring (bicyclic) bond motifs is 1. The molecule has 1 aromatic carbocycles. The van der Waals surface area contributed by atoms with Gasteiger partial charge in [0.2, 0.25) is 0 Å². The van der Waals surface area contributed by atoms with Gasteiger partial charge in [-0.05, 0) is 39.8 Å². The lowest BCUT2D eigenvalue weighted by Gasteiger charge is -2.28. The van der Waals surface area contributed by atoms with Gasteiger partial charge in [0, 0.05) is 24.5 Å². The summed E-state index contributed by atoms with van der Waals surface area (Å²) in [7, 11) is 0. The third-order valence-corrected chi connectivity index (χ3v) is 4.25. The Morgan fingerprint density at radius 2 is 1.73 bits per heavy atom. The van der Waals surface area contributed by atoms with Crippen molar-refractivity contribution in [2.45, 2.75) is 59.7 Å². The number of aromatic nitrogens is 2. The van der Waals surface area contributed by atoms with Gasteiger partial charge in [-0.25, -0.2) is 9.78 Å². The Balaban J connectivity index is 0.00000187. The third kappa shape index (κ3) is 7.40. The molecule has 3 rings (SSSR count). The summed E-state index contributed by atoms with van der Waals surface area (Å²) in [6.45, 7) is 10.1. The van der Waals surface area contributed by atoms with Crippen molar-refractivity contribution in [1.82, 2.24) is 9.38 Å². The molecule has 0 aliphatic rings. The van der Waals surface area contributed by atoms with Crippen molar-refractivity contribution in [3.8, 4) is 11.5 Å². The molecule has 0 N–H and O–H groups in total. The molecular weight excluding hydrogens is 435 g/mol. The summed E-state index contributed by atoms with van der Waals surface area (Å²) >= 11 is 0. The zero-order valence-corrected chi connectivity index (χ0v) is 19.7. The van der Waals surface area contributed by atoms with Crippen LogP contribution in [0.5, 0.6) is 11.5 Å². The molecule has 0 saturated carbocycles. The molecule has 9 heteroatoms. The molecule has 0 bridgehead atoms. The van der Waals surface area contributed by atoms with Gasteiger partial charge in [-0.15, -0.1) is 0 Å². The fourth-order valence-electron chi connectivity index (χ4n) is 2.91. The van der Waals surface area contributed by atoms with Gasteiger partial charge in [0.25, 0.3) is 0 Å². The van der Waals surface area contributed by atoms with E-state index >= 15 is 0 Å². The number of carbonyl (C=O) groups excluding carboxylic acids is 1. The number of ether oxygens (including phenoxy) is 2. The fraction of sp³-hybridized carbons (Fsp3) is 0.417. The molecule has 3 aromatic rings. The number of anilines is 1. The largest absolute Gasteiger partial charge is 0.456 e. The fourth-order valence-corrected chi connectivity index (χ4v) is 2.91. The number of hydrogen-bond donors (Lipinski definition) is 0. The van der Waals surface area contributed by atoms with Crippen LogP contribution in [0, 0.1) is 6.92 Å². The number of hydrogen-bond acceptors (Lipinski definition) is 4. The molecule has 2 aromatic heterocycles. The molecule has 180 valence electrons. The van der Waals surface area contributed by atoms with Gasteiger partial charge in [0.05, 0.1) is 18.3 Å². The molecule has 0 aliphatic heterocycles. The summed E-state index contributed by atoms with van der Waals surface area (Å²) in [6.07, 6.45) is -3.29. The van der Waals surface area contributed by atoms with E-state index in [0.717, 1.165) is 10.6 Å². The highest BCUT2D eigenvalue weighted by Crippen LogP contribution is 2.32. The van der Waals surface area contributed by atoms with E-state index < -0.39 is 30.8 Å². The first-order chi connectivity index (χ1) is 15.4. The van der Waals surface area contributed by atoms with Gasteiger partial charge in [0.1, 0.15) is 17.1 Å². The SMILES string of the molecule is CC.Cc1cnc2c(N(CCC(F)(F)F)C(=O)OC(C)(C)C)cc(Oc3ccccc3)cn12. The lowest BCUT2D eigenvalue weighted by Crippen LogP contribution is -2.39. The first kappa shape index (κ1) is 26.0. The number of benzene rings is 1. The predicted molar refractivity (Wildman–Crippen MR) is 122 cm³/mol. The van der Waals surface area contributed by atoms with Crippen molar-refractivity contribution in [2.24, 2.45) is 0 Å². The van der Waals surface area contributed by atoms with Gasteiger partial charge >= 0.3 is 12.3 Å². The zero-order chi connectivity index (χ0) is 24.8. The van der Waals surface area contributed by atoms with Gasteiger partial charge in [-0.2, -0.15) is 13.2 Å². The Kier molecular flexibility index (Phi) is 8.35. The minimum Gasteiger partial charge on any atom is -0.456 e. The number of pyridine rings is 1. The molecule has 1 amide bonds. The zero-order valence-electron chi connectivity index (χ0n) is 19.7. The Labute approximate surface area is 191 Å². The molecular formula is C24H30F3N3O3. The van der Waals surface area contributed by atoms with Crippen LogP contribution in [-0.2, 0) is 4.74 Å². The van der Waals surface area contributed by atoms with E-state index in [0.29, 0.717) is 17.1 Å². The van der Waals surface area contributed by atoms with Crippen LogP contribution >= 0.6 is 0 Å². The maximum atomic E-state index is 13.0. The van der Waals surface area contributed by atoms with Crippen molar-refractivity contribution in [3.05, 3.63) is 54.5 Å². The molecule has 0 radical (unpaired) electrons. The van der Waals surface area contributed by atoms with Crippen molar-refractivity contribution in [1.29, 1.82) is 0 Å². The second-order valence-electron chi connectivity index (χ2n) is 8.07. The number of aryl methyl sites for hydroxylation is 1. The highest BCUT2D eigenvalue weighted by Gasteiger charge is 2.32. The standard InChI is InChI=1S/C22H24F3N3O3.C2H6/c1-15-13-26-19-18(12-17(14-28(15)19)30-16-8-6-5-7-9-16)27(11-10-22(23,24)25)20(29)31-21(2,3)4;1-2/h5-9,12-14H,10-11H2,1-4H3;1-2H3. The van der Waals surface area contributed by atoms with Gasteiger partial charge in [0.15, 0.2) is 5.65 Å². The Bertz CT molecular complexity index is 1060. The maximum absolute atomic E-state index is 13.0. The van der Waals surface area contributed by atoms with E-state index in [4.69, 9.17) is 9.47 Å². The minimum atomic E-state index is -4.44. The van der Waals surface area contributed by atoms with E-state index in [-0.39, 0.29) is 5.69 Å². The second kappa shape index (κ2) is 10.6. The van der Waals surface area contributed by atoms with Crippen molar-refractivity contribution < 1.29 is 27.4 Å². The van der Waals surface area contributed by atoms with Crippen LogP contribution in [0.4, 0.5) is 23.7 Å². The van der Waals surface area contributed by atoms with Crippen LogP contribution in [0.3, 0.4) is 0 Å². The molecule has 0 atom stereocenters. The summed E-state index contributed by atoms with van der Waals surface area (Å²) < 4.78 is 51.9. The molecule has 6 nitrogen and oxygen atoms in total. The number of imidazole rings is 1. The minimum absolute atomic E-state index is 0.167. The van der Waals surface area contributed by atoms with Gasteiger partial charge in [-0.3, -0.25) is 9.30 Å². The number of halogens is 3. The molecule has 0 spiro atoms. The van der Waals surface area contributed by atoms with Gasteiger partial charge in [-0.1, -0.05) is 32.0 Å². The number of nitrogens with zero attached hydrogens (tertiary/aromatic N) is 3. The highest BCUT2D eigenvalue weighted by molar-refractivity contribution is 5.93. The van der Waals surface area contributed by atoms with Crippen LogP contribution in [-0.4, -0.2) is 33.8 Å². The van der Waals surface area contributed by atoms with E-state index in [2.05, 4.69) is 4.98 Å². The molecule has 0 saturated heterocycles. The molecule has 0 aliphatic carbocycles. The first-order valence-corrected chi connectivity index (χ1v) is 10.7. The molecule has 0 fully saturated rings. The van der Waals surface area contributed by atoms with Crippen LogP contribution in [0.15, 0.2) is 48.8 Å². The lowest BCUT2D eigenvalue weighted by molar-refractivity contribution is -0.132. The maximum Gasteiger partial charge on any atom is 0.414 e. The summed E-state index contributed by atoms with van der Waals surface area (Å²) in [6, 6.07) is 10.4. The van der Waals surface area contributed by atoms with Crippen molar-refractivity contribution in [2.75, 3.05) is 11.4 Å². The first-order valence-electron chi connectivity index (χ1n) is 10.7. The number of rotatable bonds is 5. The van der Waals surface area contributed by atoms with Gasteiger partial charge < -0.3 is 9.47 Å². The summed E-state index contributed by atoms with van der Waals surface area (Å²) in [5.74, 6) is 0.889. The van der Waals surface area contributed by atoms with E-state index in [1.54, 1.807) is 68.8 Å². The summed E-state index contributed by atoms with van der Waals surface area (Å²) in [5.41, 5.74) is 0.341. The lowest BCUT2D eigenvalue weighted by atomic mass is 10.2. The number of para-hydroxylation sites is 1. The van der Waals surface area contributed by atoms with E-state index in [1.807, 2.05) is 19.9 Å². The smallest absolute Gasteiger partial charge is 0.414 e. The Morgan fingerprint density at radius 1 is 1.09 bits per heavy atom. The van der Waals surface area contributed by atoms with Crippen molar-refractivity contribution >= 4 is 17.4 Å². The highest BCUT2D eigenvalue weighted by atomic mass is 19.4. The topological polar surface area (TPSA) is 56.1 Å². The molecule has 2 heterocycles. The average molecular weight is 466 g/mol. The normalized spacial score (nSPS) is 11.5. The molecule has 33 heavy (non-hydrogen) atoms. The Morgan fingerprint density at radius 3 is 2.30 bits per heavy atom. The quantitative estimate of drug-likeness (QED) is 0.401. The third-order valence-electron chi connectivity index (χ3n) is 4.25. The number of alkyl halides is 3. The van der Waals surface area contributed by atoms with Crippen LogP contribution in [0.1, 0.15) is 46.7 Å². The summed E-state index contributed by atoms with van der Waals surface area (Å²) in [4.78, 5) is 18.1. The Hall–Kier alpha value is -3.23. The predicted octanol–water partition coefficient (Wildman–Crippen LogP) is 7.16. The van der Waals surface area contributed by atoms with E-state index in [9.17, 15) is 18.0 Å². The average Bonchev–Trinajstić information content (AvgIpc) is 3.09. The van der Waals surface area contributed by atoms with Crippen molar-refractivity contribution in [3.63, 3.8) is 0 Å². The number of carbonyl (C=O) groups is 1. The van der Waals surface area contributed by atoms with Crippen LogP contribution < -0.4 is 9.64 Å². The monoisotopic (exact) mass is 465 g/mol. The molecule has 0 unspecified atom stereocenters. The van der Waals surface area contributed by atoms with E-state index in [1.165, 1.54) is 6.07 Å². The van der Waals surface area contributed by atoms with Crippen LogP contribution in [0.2, 0.25) is 0 Å².